The van der Waals surface area contributed by atoms with Gasteiger partial charge in [0.25, 0.3) is 0 Å². The van der Waals surface area contributed by atoms with Crippen LogP contribution in [-0.2, 0) is 10.8 Å². The normalized spacial score (nSPS) is 12.2. The number of aromatic nitrogens is 4. The molecule has 4 aromatic rings. The molecule has 0 aliphatic carbocycles. The van der Waals surface area contributed by atoms with Gasteiger partial charge in [-0.05, 0) is 40.2 Å². The Morgan fingerprint density at radius 1 is 0.692 bits per heavy atom. The fraction of sp³-hybridized carbons (Fsp3) is 0.364. The van der Waals surface area contributed by atoms with Gasteiger partial charge in [0.05, 0.1) is 36.1 Å². The second-order valence-corrected chi connectivity index (χ2v) is 8.78. The molecular weight excluding hydrogens is 320 g/mol. The van der Waals surface area contributed by atoms with Crippen LogP contribution in [0.1, 0.15) is 52.7 Å². The zero-order valence-electron chi connectivity index (χ0n) is 16.6. The number of hydrogen-bond donors (Lipinski definition) is 0. The van der Waals surface area contributed by atoms with Crippen molar-refractivity contribution in [2.75, 3.05) is 0 Å². The SMILES string of the molecule is CC(C)(C)c1ccc2cncn2c1.CC(C)(C)c1ccn2cncc2c1. The molecule has 0 saturated carbocycles. The third kappa shape index (κ3) is 3.96. The van der Waals surface area contributed by atoms with Crippen molar-refractivity contribution in [1.82, 2.24) is 18.8 Å². The molecule has 4 nitrogen and oxygen atoms in total. The van der Waals surface area contributed by atoms with Crippen LogP contribution in [0.3, 0.4) is 0 Å². The van der Waals surface area contributed by atoms with E-state index in [-0.39, 0.29) is 10.8 Å². The first-order valence-electron chi connectivity index (χ1n) is 8.99. The summed E-state index contributed by atoms with van der Waals surface area (Å²) in [5, 5.41) is 0. The minimum atomic E-state index is 0.207. The van der Waals surface area contributed by atoms with Crippen molar-refractivity contribution in [3.8, 4) is 0 Å². The molecule has 0 spiro atoms. The van der Waals surface area contributed by atoms with Crippen LogP contribution in [0, 0.1) is 0 Å². The van der Waals surface area contributed by atoms with Crippen molar-refractivity contribution in [3.05, 3.63) is 72.8 Å². The van der Waals surface area contributed by atoms with Gasteiger partial charge in [0.1, 0.15) is 0 Å². The molecule has 0 N–H and O–H groups in total. The van der Waals surface area contributed by atoms with Crippen LogP contribution >= 0.6 is 0 Å². The number of rotatable bonds is 0. The van der Waals surface area contributed by atoms with Gasteiger partial charge in [0.15, 0.2) is 0 Å². The lowest BCUT2D eigenvalue weighted by Crippen LogP contribution is -2.11. The largest absolute Gasteiger partial charge is 0.306 e. The van der Waals surface area contributed by atoms with Crippen molar-refractivity contribution in [2.24, 2.45) is 0 Å². The van der Waals surface area contributed by atoms with Gasteiger partial charge in [-0.1, -0.05) is 47.6 Å². The lowest BCUT2D eigenvalue weighted by atomic mass is 9.88. The van der Waals surface area contributed by atoms with Gasteiger partial charge in [-0.15, -0.1) is 0 Å². The Kier molecular flexibility index (Phi) is 4.61. The average Bonchev–Trinajstić information content (AvgIpc) is 3.21. The Labute approximate surface area is 155 Å². The zero-order valence-corrected chi connectivity index (χ0v) is 16.6. The first kappa shape index (κ1) is 18.2. The van der Waals surface area contributed by atoms with Crippen LogP contribution < -0.4 is 0 Å². The van der Waals surface area contributed by atoms with Crippen molar-refractivity contribution in [2.45, 2.75) is 52.4 Å². The van der Waals surface area contributed by atoms with Crippen LogP contribution in [0.2, 0.25) is 0 Å². The molecule has 136 valence electrons. The van der Waals surface area contributed by atoms with E-state index in [2.05, 4.69) is 92.6 Å². The molecule has 0 aliphatic rings. The van der Waals surface area contributed by atoms with E-state index in [1.807, 2.05) is 29.4 Å². The molecule has 0 saturated heterocycles. The Hall–Kier alpha value is -2.62. The molecule has 4 heterocycles. The van der Waals surface area contributed by atoms with Crippen LogP contribution in [0.25, 0.3) is 11.0 Å². The third-order valence-corrected chi connectivity index (χ3v) is 4.55. The number of hydrogen-bond acceptors (Lipinski definition) is 2. The number of nitrogens with zero attached hydrogens (tertiary/aromatic N) is 4. The van der Waals surface area contributed by atoms with Crippen LogP contribution in [0.15, 0.2) is 61.7 Å². The van der Waals surface area contributed by atoms with Gasteiger partial charge in [-0.25, -0.2) is 9.97 Å². The maximum atomic E-state index is 4.09. The summed E-state index contributed by atoms with van der Waals surface area (Å²) in [6.45, 7) is 13.3. The Morgan fingerprint density at radius 2 is 1.31 bits per heavy atom. The zero-order chi connectivity index (χ0) is 18.9. The summed E-state index contributed by atoms with van der Waals surface area (Å²) in [4.78, 5) is 8.17. The highest BCUT2D eigenvalue weighted by molar-refractivity contribution is 5.48. The Morgan fingerprint density at radius 3 is 1.96 bits per heavy atom. The average molecular weight is 348 g/mol. The molecule has 0 amide bonds. The molecule has 0 unspecified atom stereocenters. The van der Waals surface area contributed by atoms with Gasteiger partial charge < -0.3 is 8.80 Å². The van der Waals surface area contributed by atoms with E-state index in [1.54, 1.807) is 0 Å². The predicted molar refractivity (Wildman–Crippen MR) is 108 cm³/mol. The fourth-order valence-corrected chi connectivity index (χ4v) is 2.75. The highest BCUT2D eigenvalue weighted by Crippen LogP contribution is 2.23. The molecule has 0 radical (unpaired) electrons. The number of fused-ring (bicyclic) bond motifs is 2. The molecule has 0 bridgehead atoms. The first-order chi connectivity index (χ1) is 12.1. The quantitative estimate of drug-likeness (QED) is 0.434. The molecule has 4 rings (SSSR count). The van der Waals surface area contributed by atoms with E-state index in [0.717, 1.165) is 11.0 Å². The van der Waals surface area contributed by atoms with E-state index < -0.39 is 0 Å². The Bertz CT molecular complexity index is 926. The maximum Gasteiger partial charge on any atom is 0.0992 e. The second kappa shape index (κ2) is 6.60. The second-order valence-electron chi connectivity index (χ2n) is 8.78. The first-order valence-corrected chi connectivity index (χ1v) is 8.99. The molecule has 4 aromatic heterocycles. The van der Waals surface area contributed by atoms with Crippen molar-refractivity contribution >= 4 is 11.0 Å². The van der Waals surface area contributed by atoms with E-state index >= 15 is 0 Å². The fourth-order valence-electron chi connectivity index (χ4n) is 2.75. The minimum Gasteiger partial charge on any atom is -0.306 e. The van der Waals surface area contributed by atoms with E-state index in [0.29, 0.717) is 0 Å². The summed E-state index contributed by atoms with van der Waals surface area (Å²) in [7, 11) is 0. The molecule has 0 atom stereocenters. The lowest BCUT2D eigenvalue weighted by molar-refractivity contribution is 0.586. The standard InChI is InChI=1S/2C11H14N2/c1-11(2,3)9-4-5-10-6-12-8-13(10)7-9;1-11(2,3)9-4-5-13-8-12-7-10(13)6-9/h2*4-8H,1-3H3. The van der Waals surface area contributed by atoms with Gasteiger partial charge in [-0.2, -0.15) is 0 Å². The maximum absolute atomic E-state index is 4.09. The molecule has 0 aromatic carbocycles. The summed E-state index contributed by atoms with van der Waals surface area (Å²) in [6, 6.07) is 8.60. The topological polar surface area (TPSA) is 34.6 Å². The summed E-state index contributed by atoms with van der Waals surface area (Å²) < 4.78 is 4.08. The Balaban J connectivity index is 0.000000151. The molecule has 26 heavy (non-hydrogen) atoms. The minimum absolute atomic E-state index is 0.207. The molecule has 4 heteroatoms. The third-order valence-electron chi connectivity index (χ3n) is 4.55. The van der Waals surface area contributed by atoms with Gasteiger partial charge >= 0.3 is 0 Å². The van der Waals surface area contributed by atoms with Gasteiger partial charge in [-0.3, -0.25) is 0 Å². The van der Waals surface area contributed by atoms with Gasteiger partial charge in [0.2, 0.25) is 0 Å². The molecule has 0 aliphatic heterocycles. The summed E-state index contributed by atoms with van der Waals surface area (Å²) in [5.74, 6) is 0. The van der Waals surface area contributed by atoms with E-state index in [1.165, 1.54) is 11.1 Å². The summed E-state index contributed by atoms with van der Waals surface area (Å²) in [6.07, 6.45) is 11.6. The molecule has 0 fully saturated rings. The van der Waals surface area contributed by atoms with Crippen molar-refractivity contribution in [3.63, 3.8) is 0 Å². The van der Waals surface area contributed by atoms with Crippen LogP contribution in [-0.4, -0.2) is 18.8 Å². The van der Waals surface area contributed by atoms with Crippen LogP contribution in [0.5, 0.6) is 0 Å². The predicted octanol–water partition coefficient (Wildman–Crippen LogP) is 5.26. The summed E-state index contributed by atoms with van der Waals surface area (Å²) in [5.41, 5.74) is 5.41. The van der Waals surface area contributed by atoms with E-state index in [4.69, 9.17) is 0 Å². The molecular formula is C22H28N4. The number of imidazole rings is 2. The van der Waals surface area contributed by atoms with Crippen molar-refractivity contribution < 1.29 is 0 Å². The lowest BCUT2D eigenvalue weighted by Gasteiger charge is -2.18. The van der Waals surface area contributed by atoms with E-state index in [9.17, 15) is 0 Å². The highest BCUT2D eigenvalue weighted by atomic mass is 15.0. The summed E-state index contributed by atoms with van der Waals surface area (Å²) >= 11 is 0. The smallest absolute Gasteiger partial charge is 0.0992 e. The van der Waals surface area contributed by atoms with Crippen LogP contribution in [0.4, 0.5) is 0 Å². The van der Waals surface area contributed by atoms with Crippen molar-refractivity contribution in [1.29, 1.82) is 0 Å². The monoisotopic (exact) mass is 348 g/mol. The number of pyridine rings is 2. The van der Waals surface area contributed by atoms with Gasteiger partial charge in [0, 0.05) is 12.4 Å². The highest BCUT2D eigenvalue weighted by Gasteiger charge is 2.14.